The maximum absolute atomic E-state index is 12.8. The highest BCUT2D eigenvalue weighted by atomic mass is 35.5. The van der Waals surface area contributed by atoms with Gasteiger partial charge in [0.1, 0.15) is 0 Å². The molecule has 0 aliphatic carbocycles. The summed E-state index contributed by atoms with van der Waals surface area (Å²) in [7, 11) is -3.71. The lowest BCUT2D eigenvalue weighted by Gasteiger charge is -2.26. The fourth-order valence-electron chi connectivity index (χ4n) is 2.65. The minimum atomic E-state index is -3.71. The van der Waals surface area contributed by atoms with Crippen molar-refractivity contribution >= 4 is 39.1 Å². The number of halogens is 2. The molecule has 9 heteroatoms. The van der Waals surface area contributed by atoms with Crippen molar-refractivity contribution in [2.24, 2.45) is 0 Å². The van der Waals surface area contributed by atoms with E-state index in [-0.39, 0.29) is 35.1 Å². The number of morpholine rings is 1. The molecule has 1 aliphatic heterocycles. The Balaban J connectivity index is 1.78. The average molecular weight is 429 g/mol. The molecule has 27 heavy (non-hydrogen) atoms. The van der Waals surface area contributed by atoms with Crippen LogP contribution in [-0.4, -0.2) is 44.9 Å². The zero-order chi connectivity index (χ0) is 19.4. The van der Waals surface area contributed by atoms with E-state index in [4.69, 9.17) is 27.9 Å². The lowest BCUT2D eigenvalue weighted by Crippen LogP contribution is -2.40. The molecular weight excluding hydrogens is 411 g/mol. The van der Waals surface area contributed by atoms with E-state index >= 15 is 0 Å². The van der Waals surface area contributed by atoms with E-state index in [2.05, 4.69) is 5.32 Å². The summed E-state index contributed by atoms with van der Waals surface area (Å²) in [4.78, 5) is 12.5. The molecule has 0 saturated carbocycles. The number of hydrogen-bond acceptors (Lipinski definition) is 4. The first-order chi connectivity index (χ1) is 12.9. The van der Waals surface area contributed by atoms with Crippen LogP contribution >= 0.6 is 23.2 Å². The Kier molecular flexibility index (Phi) is 6.39. The molecule has 1 heterocycles. The average Bonchev–Trinajstić information content (AvgIpc) is 2.68. The fraction of sp³-hybridized carbons (Fsp3) is 0.278. The Labute approximate surface area is 168 Å². The second kappa shape index (κ2) is 8.58. The number of rotatable bonds is 5. The third-order valence-electron chi connectivity index (χ3n) is 4.16. The van der Waals surface area contributed by atoms with Crippen molar-refractivity contribution in [3.63, 3.8) is 0 Å². The van der Waals surface area contributed by atoms with E-state index in [1.54, 1.807) is 24.3 Å². The molecule has 2 aromatic carbocycles. The van der Waals surface area contributed by atoms with Gasteiger partial charge in [0.15, 0.2) is 0 Å². The smallest absolute Gasteiger partial charge is 0.253 e. The summed E-state index contributed by atoms with van der Waals surface area (Å²) in [6.07, 6.45) is 0. The fourth-order valence-corrected chi connectivity index (χ4v) is 4.42. The summed E-state index contributed by atoms with van der Waals surface area (Å²) >= 11 is 12.0. The molecule has 0 radical (unpaired) electrons. The minimum Gasteiger partial charge on any atom is -0.379 e. The van der Waals surface area contributed by atoms with Crippen molar-refractivity contribution in [2.45, 2.75) is 11.4 Å². The van der Waals surface area contributed by atoms with Crippen molar-refractivity contribution in [3.8, 4) is 0 Å². The van der Waals surface area contributed by atoms with E-state index in [0.29, 0.717) is 18.2 Å². The normalized spacial score (nSPS) is 15.5. The van der Waals surface area contributed by atoms with Crippen LogP contribution in [0.15, 0.2) is 47.4 Å². The molecule has 0 unspecified atom stereocenters. The maximum Gasteiger partial charge on any atom is 0.253 e. The monoisotopic (exact) mass is 428 g/mol. The molecule has 0 bridgehead atoms. The van der Waals surface area contributed by atoms with Crippen LogP contribution in [0.1, 0.15) is 15.9 Å². The SMILES string of the molecule is O=C(NCc1ccc(Cl)cc1)c1cc(S(=O)(=O)N2CCOCC2)ccc1Cl. The van der Waals surface area contributed by atoms with Gasteiger partial charge in [-0.3, -0.25) is 4.79 Å². The number of nitrogens with one attached hydrogen (secondary N) is 1. The second-order valence-corrected chi connectivity index (χ2v) is 8.75. The van der Waals surface area contributed by atoms with Crippen molar-refractivity contribution in [1.82, 2.24) is 9.62 Å². The van der Waals surface area contributed by atoms with E-state index in [1.807, 2.05) is 0 Å². The van der Waals surface area contributed by atoms with Gasteiger partial charge in [0.05, 0.1) is 28.7 Å². The van der Waals surface area contributed by atoms with Crippen LogP contribution in [0.2, 0.25) is 10.0 Å². The summed E-state index contributed by atoms with van der Waals surface area (Å²) in [5.41, 5.74) is 0.973. The first-order valence-corrected chi connectivity index (χ1v) is 10.5. The van der Waals surface area contributed by atoms with E-state index in [9.17, 15) is 13.2 Å². The van der Waals surface area contributed by atoms with Gasteiger partial charge in [0.2, 0.25) is 10.0 Å². The van der Waals surface area contributed by atoms with Crippen LogP contribution in [0.25, 0.3) is 0 Å². The molecule has 3 rings (SSSR count). The molecular formula is C18H18Cl2N2O4S. The van der Waals surface area contributed by atoms with Gasteiger partial charge in [-0.1, -0.05) is 35.3 Å². The summed E-state index contributed by atoms with van der Waals surface area (Å²) in [5, 5.41) is 3.53. The number of sulfonamides is 1. The summed E-state index contributed by atoms with van der Waals surface area (Å²) in [6.45, 7) is 1.53. The number of ether oxygens (including phenoxy) is 1. The Bertz CT molecular complexity index is 927. The van der Waals surface area contributed by atoms with Crippen molar-refractivity contribution in [2.75, 3.05) is 26.3 Å². The van der Waals surface area contributed by atoms with Gasteiger partial charge in [-0.2, -0.15) is 4.31 Å². The van der Waals surface area contributed by atoms with Gasteiger partial charge in [-0.25, -0.2) is 8.42 Å². The zero-order valence-corrected chi connectivity index (χ0v) is 16.6. The molecule has 1 saturated heterocycles. The molecule has 6 nitrogen and oxygen atoms in total. The van der Waals surface area contributed by atoms with Crippen LogP contribution in [0.4, 0.5) is 0 Å². The molecule has 0 aromatic heterocycles. The number of carbonyl (C=O) groups is 1. The predicted octanol–water partition coefficient (Wildman–Crippen LogP) is 2.94. The van der Waals surface area contributed by atoms with Gasteiger partial charge in [0, 0.05) is 24.7 Å². The number of amides is 1. The van der Waals surface area contributed by atoms with Gasteiger partial charge in [0.25, 0.3) is 5.91 Å². The topological polar surface area (TPSA) is 75.7 Å². The summed E-state index contributed by atoms with van der Waals surface area (Å²) in [6, 6.07) is 11.2. The molecule has 144 valence electrons. The second-order valence-electron chi connectivity index (χ2n) is 5.97. The first-order valence-electron chi connectivity index (χ1n) is 8.28. The zero-order valence-electron chi connectivity index (χ0n) is 14.3. The van der Waals surface area contributed by atoms with Crippen LogP contribution in [-0.2, 0) is 21.3 Å². The summed E-state index contributed by atoms with van der Waals surface area (Å²) in [5.74, 6) is -0.450. The van der Waals surface area contributed by atoms with E-state index in [1.165, 1.54) is 22.5 Å². The maximum atomic E-state index is 12.8. The Morgan fingerprint density at radius 2 is 1.74 bits per heavy atom. The van der Waals surface area contributed by atoms with Crippen LogP contribution in [0, 0.1) is 0 Å². The lowest BCUT2D eigenvalue weighted by molar-refractivity contribution is 0.0730. The molecule has 1 aliphatic rings. The van der Waals surface area contributed by atoms with Gasteiger partial charge in [-0.05, 0) is 35.9 Å². The third kappa shape index (κ3) is 4.80. The highest BCUT2D eigenvalue weighted by Gasteiger charge is 2.27. The van der Waals surface area contributed by atoms with Gasteiger partial charge in [-0.15, -0.1) is 0 Å². The Hall–Kier alpha value is -1.64. The highest BCUT2D eigenvalue weighted by molar-refractivity contribution is 7.89. The number of nitrogens with zero attached hydrogens (tertiary/aromatic N) is 1. The lowest BCUT2D eigenvalue weighted by atomic mass is 10.2. The Morgan fingerprint density at radius 3 is 2.41 bits per heavy atom. The Morgan fingerprint density at radius 1 is 1.07 bits per heavy atom. The van der Waals surface area contributed by atoms with Gasteiger partial charge < -0.3 is 10.1 Å². The third-order valence-corrected chi connectivity index (χ3v) is 6.63. The van der Waals surface area contributed by atoms with E-state index in [0.717, 1.165) is 5.56 Å². The number of hydrogen-bond donors (Lipinski definition) is 1. The quantitative estimate of drug-likeness (QED) is 0.793. The molecule has 0 atom stereocenters. The standard InChI is InChI=1S/C18H18Cl2N2O4S/c19-14-3-1-13(2-4-14)12-21-18(23)16-11-15(5-6-17(16)20)27(24,25)22-7-9-26-10-8-22/h1-6,11H,7-10,12H2,(H,21,23). The summed E-state index contributed by atoms with van der Waals surface area (Å²) < 4.78 is 32.1. The minimum absolute atomic E-state index is 0.0328. The van der Waals surface area contributed by atoms with Crippen LogP contribution in [0.3, 0.4) is 0 Å². The molecule has 2 aromatic rings. The first kappa shape index (κ1) is 20.1. The molecule has 1 amide bonds. The van der Waals surface area contributed by atoms with Crippen molar-refractivity contribution in [1.29, 1.82) is 0 Å². The number of carbonyl (C=O) groups excluding carboxylic acids is 1. The van der Waals surface area contributed by atoms with Crippen molar-refractivity contribution in [3.05, 3.63) is 63.6 Å². The van der Waals surface area contributed by atoms with Crippen molar-refractivity contribution < 1.29 is 17.9 Å². The largest absolute Gasteiger partial charge is 0.379 e. The van der Waals surface area contributed by atoms with Crippen LogP contribution in [0.5, 0.6) is 0 Å². The predicted molar refractivity (Wildman–Crippen MR) is 104 cm³/mol. The molecule has 0 spiro atoms. The number of benzene rings is 2. The van der Waals surface area contributed by atoms with Crippen LogP contribution < -0.4 is 5.32 Å². The molecule has 1 fully saturated rings. The van der Waals surface area contributed by atoms with Gasteiger partial charge >= 0.3 is 0 Å². The van der Waals surface area contributed by atoms with E-state index < -0.39 is 15.9 Å². The molecule has 1 N–H and O–H groups in total. The highest BCUT2D eigenvalue weighted by Crippen LogP contribution is 2.24.